The maximum Gasteiger partial charge on any atom is 0.126 e. The third kappa shape index (κ3) is 3.10. The lowest BCUT2D eigenvalue weighted by atomic mass is 10.2. The number of aromatic nitrogens is 1. The van der Waals surface area contributed by atoms with Crippen molar-refractivity contribution in [2.75, 3.05) is 24.6 Å². The third-order valence-electron chi connectivity index (χ3n) is 3.40. The number of nitrogens with zero attached hydrogens (tertiary/aromatic N) is 3. The van der Waals surface area contributed by atoms with Crippen molar-refractivity contribution in [1.29, 1.82) is 5.26 Å². The van der Waals surface area contributed by atoms with Crippen LogP contribution in [0.3, 0.4) is 0 Å². The van der Waals surface area contributed by atoms with E-state index >= 15 is 0 Å². The lowest BCUT2D eigenvalue weighted by Gasteiger charge is -2.34. The Kier molecular flexibility index (Phi) is 4.24. The number of morpholine rings is 1. The van der Waals surface area contributed by atoms with Crippen LogP contribution in [0.15, 0.2) is 28.1 Å². The van der Waals surface area contributed by atoms with Crippen LogP contribution in [0.1, 0.15) is 22.4 Å². The second-order valence-electron chi connectivity index (χ2n) is 4.91. The van der Waals surface area contributed by atoms with Gasteiger partial charge in [-0.25, -0.2) is 4.98 Å². The molecule has 0 aliphatic carbocycles. The number of hydrogen-bond acceptors (Lipinski definition) is 5. The van der Waals surface area contributed by atoms with E-state index in [2.05, 4.69) is 37.3 Å². The molecule has 1 aromatic carbocycles. The van der Waals surface area contributed by atoms with Crippen molar-refractivity contribution in [2.24, 2.45) is 0 Å². The molecule has 1 unspecified atom stereocenters. The van der Waals surface area contributed by atoms with Gasteiger partial charge in [-0.3, -0.25) is 0 Å². The molecular formula is C15H14BrN3OS. The van der Waals surface area contributed by atoms with Gasteiger partial charge in [0.05, 0.1) is 30.5 Å². The van der Waals surface area contributed by atoms with Crippen LogP contribution >= 0.6 is 27.3 Å². The molecule has 2 heterocycles. The Hall–Kier alpha value is -1.42. The summed E-state index contributed by atoms with van der Waals surface area (Å²) in [5.74, 6) is 0. The van der Waals surface area contributed by atoms with Crippen LogP contribution in [0.2, 0.25) is 0 Å². The molecule has 4 nitrogen and oxygen atoms in total. The number of benzene rings is 1. The fraction of sp³-hybridized carbons (Fsp3) is 0.333. The molecule has 1 aliphatic heterocycles. The molecule has 3 rings (SSSR count). The number of nitriles is 1. The van der Waals surface area contributed by atoms with E-state index in [1.807, 2.05) is 25.1 Å². The van der Waals surface area contributed by atoms with Gasteiger partial charge in [0.2, 0.25) is 0 Å². The highest BCUT2D eigenvalue weighted by atomic mass is 79.9. The lowest BCUT2D eigenvalue weighted by Crippen LogP contribution is -2.38. The molecule has 0 amide bonds. The highest BCUT2D eigenvalue weighted by molar-refractivity contribution is 9.10. The second-order valence-corrected chi connectivity index (χ2v) is 6.65. The molecule has 0 N–H and O–H groups in total. The quantitative estimate of drug-likeness (QED) is 0.816. The van der Waals surface area contributed by atoms with Gasteiger partial charge in [-0.05, 0) is 41.1 Å². The first-order chi connectivity index (χ1) is 10.2. The van der Waals surface area contributed by atoms with E-state index < -0.39 is 0 Å². The van der Waals surface area contributed by atoms with Gasteiger partial charge in [0.25, 0.3) is 0 Å². The summed E-state index contributed by atoms with van der Waals surface area (Å²) in [5, 5.41) is 12.0. The van der Waals surface area contributed by atoms with E-state index in [4.69, 9.17) is 10.00 Å². The van der Waals surface area contributed by atoms with Crippen molar-refractivity contribution in [3.63, 3.8) is 0 Å². The molecule has 1 aromatic heterocycles. The maximum absolute atomic E-state index is 8.94. The second kappa shape index (κ2) is 6.14. The van der Waals surface area contributed by atoms with Crippen molar-refractivity contribution < 1.29 is 4.74 Å². The monoisotopic (exact) mass is 363 g/mol. The van der Waals surface area contributed by atoms with Crippen LogP contribution in [-0.2, 0) is 4.74 Å². The standard InChI is InChI=1S/C15H14BrN3OS/c1-10-9-21-15(18-10)14-8-19(4-5-20-14)13-3-2-11(7-17)6-12(13)16/h2-3,6,9,14H,4-5,8H2,1H3. The van der Waals surface area contributed by atoms with Crippen LogP contribution in [0.25, 0.3) is 0 Å². The molecule has 21 heavy (non-hydrogen) atoms. The summed E-state index contributed by atoms with van der Waals surface area (Å²) in [6.45, 7) is 4.29. The van der Waals surface area contributed by atoms with Gasteiger partial charge in [-0.1, -0.05) is 0 Å². The Labute approximate surface area is 136 Å². The number of ether oxygens (including phenoxy) is 1. The van der Waals surface area contributed by atoms with Gasteiger partial charge >= 0.3 is 0 Å². The molecular weight excluding hydrogens is 350 g/mol. The van der Waals surface area contributed by atoms with Crippen LogP contribution in [0.5, 0.6) is 0 Å². The normalized spacial score (nSPS) is 18.5. The summed E-state index contributed by atoms with van der Waals surface area (Å²) in [6, 6.07) is 7.84. The van der Waals surface area contributed by atoms with Gasteiger partial charge < -0.3 is 9.64 Å². The third-order valence-corrected chi connectivity index (χ3v) is 5.09. The van der Waals surface area contributed by atoms with E-state index in [9.17, 15) is 0 Å². The Bertz CT molecular complexity index is 694. The number of anilines is 1. The largest absolute Gasteiger partial charge is 0.367 e. The SMILES string of the molecule is Cc1csc(C2CN(c3ccc(C#N)cc3Br)CCO2)n1. The molecule has 2 aromatic rings. The van der Waals surface area contributed by atoms with E-state index in [1.54, 1.807) is 11.3 Å². The van der Waals surface area contributed by atoms with E-state index in [-0.39, 0.29) is 6.10 Å². The number of hydrogen-bond donors (Lipinski definition) is 0. The summed E-state index contributed by atoms with van der Waals surface area (Å²) in [7, 11) is 0. The molecule has 1 atom stereocenters. The molecule has 1 fully saturated rings. The fourth-order valence-electron chi connectivity index (χ4n) is 2.37. The number of thiazole rings is 1. The highest BCUT2D eigenvalue weighted by Crippen LogP contribution is 2.32. The van der Waals surface area contributed by atoms with Gasteiger partial charge in [-0.15, -0.1) is 11.3 Å². The average Bonchev–Trinajstić information content (AvgIpc) is 2.94. The van der Waals surface area contributed by atoms with E-state index in [0.717, 1.165) is 34.0 Å². The topological polar surface area (TPSA) is 49.2 Å². The van der Waals surface area contributed by atoms with Gasteiger partial charge in [-0.2, -0.15) is 5.26 Å². The molecule has 0 radical (unpaired) electrons. The van der Waals surface area contributed by atoms with E-state index in [1.165, 1.54) is 0 Å². The smallest absolute Gasteiger partial charge is 0.126 e. The summed E-state index contributed by atoms with van der Waals surface area (Å²) in [5.41, 5.74) is 2.79. The van der Waals surface area contributed by atoms with Crippen LogP contribution in [-0.4, -0.2) is 24.7 Å². The molecule has 1 aliphatic rings. The predicted octanol–water partition coefficient (Wildman–Crippen LogP) is 3.66. The van der Waals surface area contributed by atoms with Gasteiger partial charge in [0.1, 0.15) is 11.1 Å². The fourth-order valence-corrected chi connectivity index (χ4v) is 3.84. The highest BCUT2D eigenvalue weighted by Gasteiger charge is 2.25. The van der Waals surface area contributed by atoms with Crippen molar-refractivity contribution in [1.82, 2.24) is 4.98 Å². The molecule has 108 valence electrons. The minimum Gasteiger partial charge on any atom is -0.367 e. The van der Waals surface area contributed by atoms with Crippen molar-refractivity contribution in [2.45, 2.75) is 13.0 Å². The number of halogens is 1. The maximum atomic E-state index is 8.94. The molecule has 6 heteroatoms. The zero-order valence-corrected chi connectivity index (χ0v) is 13.9. The molecule has 0 bridgehead atoms. The number of aryl methyl sites for hydroxylation is 1. The van der Waals surface area contributed by atoms with Crippen LogP contribution in [0.4, 0.5) is 5.69 Å². The van der Waals surface area contributed by atoms with Gasteiger partial charge in [0, 0.05) is 22.1 Å². The Morgan fingerprint density at radius 1 is 1.52 bits per heavy atom. The summed E-state index contributed by atoms with van der Waals surface area (Å²) >= 11 is 5.20. The van der Waals surface area contributed by atoms with E-state index in [0.29, 0.717) is 12.2 Å². The average molecular weight is 364 g/mol. The predicted molar refractivity (Wildman–Crippen MR) is 86.6 cm³/mol. The minimum atomic E-state index is 0.0139. The Balaban J connectivity index is 1.81. The van der Waals surface area contributed by atoms with Crippen LogP contribution < -0.4 is 4.90 Å². The summed E-state index contributed by atoms with van der Waals surface area (Å²) < 4.78 is 6.79. The first kappa shape index (κ1) is 14.5. The zero-order valence-electron chi connectivity index (χ0n) is 11.5. The first-order valence-electron chi connectivity index (χ1n) is 6.65. The van der Waals surface area contributed by atoms with Crippen LogP contribution in [0, 0.1) is 18.3 Å². The number of rotatable bonds is 2. The Morgan fingerprint density at radius 2 is 2.38 bits per heavy atom. The minimum absolute atomic E-state index is 0.0139. The summed E-state index contributed by atoms with van der Waals surface area (Å²) in [6.07, 6.45) is 0.0139. The Morgan fingerprint density at radius 3 is 3.05 bits per heavy atom. The lowest BCUT2D eigenvalue weighted by molar-refractivity contribution is 0.0395. The van der Waals surface area contributed by atoms with Crippen molar-refractivity contribution in [3.8, 4) is 6.07 Å². The molecule has 0 saturated carbocycles. The van der Waals surface area contributed by atoms with Gasteiger partial charge in [0.15, 0.2) is 0 Å². The molecule has 0 spiro atoms. The summed E-state index contributed by atoms with van der Waals surface area (Å²) in [4.78, 5) is 6.80. The zero-order chi connectivity index (χ0) is 14.8. The van der Waals surface area contributed by atoms with Crippen molar-refractivity contribution >= 4 is 33.0 Å². The molecule has 1 saturated heterocycles. The first-order valence-corrected chi connectivity index (χ1v) is 8.33. The van der Waals surface area contributed by atoms with Crippen molar-refractivity contribution in [3.05, 3.63) is 44.3 Å².